The Bertz CT molecular complexity index is 1380. The number of nitrogens with zero attached hydrogens (tertiary/aromatic N) is 3. The number of fused-ring (bicyclic) bond motifs is 6. The van der Waals surface area contributed by atoms with E-state index in [1.165, 1.54) is 0 Å². The van der Waals surface area contributed by atoms with E-state index in [1.54, 1.807) is 11.8 Å². The zero-order chi connectivity index (χ0) is 21.2. The van der Waals surface area contributed by atoms with E-state index in [9.17, 15) is 4.79 Å². The van der Waals surface area contributed by atoms with Gasteiger partial charge in [-0.15, -0.1) is 5.10 Å². The minimum absolute atomic E-state index is 0.215. The predicted octanol–water partition coefficient (Wildman–Crippen LogP) is 4.46. The lowest BCUT2D eigenvalue weighted by Gasteiger charge is -2.35. The van der Waals surface area contributed by atoms with Gasteiger partial charge in [-0.25, -0.2) is 9.67 Å². The number of aromatic nitrogens is 3. The van der Waals surface area contributed by atoms with Crippen LogP contribution in [0.3, 0.4) is 0 Å². The first-order valence-corrected chi connectivity index (χ1v) is 10.5. The third kappa shape index (κ3) is 2.42. The van der Waals surface area contributed by atoms with E-state index in [1.807, 2.05) is 66.7 Å². The normalized spacial score (nSPS) is 18.1. The Kier molecular flexibility index (Phi) is 3.76. The molecule has 0 bridgehead atoms. The highest BCUT2D eigenvalue weighted by Gasteiger charge is 2.53. The molecular weight excluding hydrogens is 458 g/mol. The number of carbonyl (C=O) groups excluding carboxylic acids is 1. The Morgan fingerprint density at radius 3 is 2.61 bits per heavy atom. The Labute approximate surface area is 186 Å². The number of ether oxygens (including phenoxy) is 1. The summed E-state index contributed by atoms with van der Waals surface area (Å²) in [6, 6.07) is 21.1. The number of carbonyl (C=O) groups is 1. The fourth-order valence-corrected chi connectivity index (χ4v) is 4.65. The molecule has 0 unspecified atom stereocenters. The first kappa shape index (κ1) is 18.1. The number of hydrogen-bond donors (Lipinski definition) is 2. The summed E-state index contributed by atoms with van der Waals surface area (Å²) >= 11 is 3.54. The number of amides is 1. The van der Waals surface area contributed by atoms with Crippen LogP contribution in [0.5, 0.6) is 5.75 Å². The number of para-hydroxylation sites is 2. The van der Waals surface area contributed by atoms with Crippen LogP contribution in [-0.2, 0) is 10.5 Å². The molecule has 4 aromatic rings. The molecule has 2 N–H and O–H groups in total. The van der Waals surface area contributed by atoms with Crippen LogP contribution in [0.4, 0.5) is 11.4 Å². The van der Waals surface area contributed by atoms with E-state index < -0.39 is 5.66 Å². The lowest BCUT2D eigenvalue weighted by Crippen LogP contribution is -2.51. The lowest BCUT2D eigenvalue weighted by atomic mass is 9.96. The molecule has 8 heteroatoms. The second-order valence-electron chi connectivity index (χ2n) is 7.40. The summed E-state index contributed by atoms with van der Waals surface area (Å²) in [5.41, 5.74) is 2.71. The highest BCUT2D eigenvalue weighted by Crippen LogP contribution is 2.47. The van der Waals surface area contributed by atoms with E-state index in [4.69, 9.17) is 14.8 Å². The number of nitrogens with one attached hydrogen (secondary N) is 2. The summed E-state index contributed by atoms with van der Waals surface area (Å²) in [4.78, 5) is 18.3. The molecule has 0 radical (unpaired) electrons. The van der Waals surface area contributed by atoms with Gasteiger partial charge in [0, 0.05) is 27.0 Å². The van der Waals surface area contributed by atoms with Crippen molar-refractivity contribution in [3.05, 3.63) is 76.8 Å². The van der Waals surface area contributed by atoms with Gasteiger partial charge in [0.15, 0.2) is 11.6 Å². The second kappa shape index (κ2) is 6.42. The molecule has 1 atom stereocenters. The Morgan fingerprint density at radius 2 is 1.77 bits per heavy atom. The van der Waals surface area contributed by atoms with Crippen molar-refractivity contribution in [2.24, 2.45) is 0 Å². The van der Waals surface area contributed by atoms with Crippen LogP contribution in [0.25, 0.3) is 22.8 Å². The third-order valence-electron chi connectivity index (χ3n) is 5.70. The van der Waals surface area contributed by atoms with Gasteiger partial charge in [0.05, 0.1) is 12.7 Å². The summed E-state index contributed by atoms with van der Waals surface area (Å²) in [6.07, 6.45) is 0. The molecule has 6 rings (SSSR count). The minimum Gasteiger partial charge on any atom is -0.496 e. The van der Waals surface area contributed by atoms with Crippen molar-refractivity contribution in [1.29, 1.82) is 0 Å². The Balaban J connectivity index is 1.67. The maximum atomic E-state index is 13.5. The summed E-state index contributed by atoms with van der Waals surface area (Å²) < 4.78 is 8.08. The molecule has 0 fully saturated rings. The third-order valence-corrected chi connectivity index (χ3v) is 6.20. The van der Waals surface area contributed by atoms with Gasteiger partial charge in [0.25, 0.3) is 5.91 Å². The molecule has 0 aliphatic carbocycles. The number of halogens is 1. The van der Waals surface area contributed by atoms with Gasteiger partial charge in [-0.05, 0) is 42.5 Å². The van der Waals surface area contributed by atoms with E-state index in [0.717, 1.165) is 32.5 Å². The largest absolute Gasteiger partial charge is 0.496 e. The van der Waals surface area contributed by atoms with Crippen molar-refractivity contribution < 1.29 is 9.53 Å². The van der Waals surface area contributed by atoms with E-state index in [2.05, 4.69) is 26.6 Å². The summed E-state index contributed by atoms with van der Waals surface area (Å²) in [5.74, 6) is 1.55. The highest BCUT2D eigenvalue weighted by atomic mass is 79.9. The molecule has 2 aliphatic heterocycles. The maximum absolute atomic E-state index is 13.5. The van der Waals surface area contributed by atoms with Crippen LogP contribution in [0.1, 0.15) is 5.56 Å². The lowest BCUT2D eigenvalue weighted by molar-refractivity contribution is -0.121. The molecule has 0 saturated carbocycles. The van der Waals surface area contributed by atoms with Crippen LogP contribution in [0.15, 0.2) is 71.2 Å². The van der Waals surface area contributed by atoms with Crippen LogP contribution < -0.4 is 15.4 Å². The summed E-state index contributed by atoms with van der Waals surface area (Å²) in [7, 11) is 1.62. The van der Waals surface area contributed by atoms with Crippen LogP contribution >= 0.6 is 15.9 Å². The van der Waals surface area contributed by atoms with Crippen molar-refractivity contribution in [2.45, 2.75) is 5.66 Å². The molecular formula is C23H16BrN5O2. The van der Waals surface area contributed by atoms with Crippen molar-refractivity contribution in [1.82, 2.24) is 14.8 Å². The molecule has 3 aromatic carbocycles. The molecule has 2 aliphatic rings. The molecule has 3 heterocycles. The van der Waals surface area contributed by atoms with Gasteiger partial charge in [0.2, 0.25) is 5.66 Å². The molecule has 0 saturated heterocycles. The zero-order valence-corrected chi connectivity index (χ0v) is 18.0. The molecule has 1 amide bonds. The average Bonchev–Trinajstić information content (AvgIpc) is 3.35. The standard InChI is InChI=1S/C23H16BrN5O2/c1-31-19-9-5-3-7-15(19)20-26-21-14-6-2-4-8-17(14)27-23(29(21)28-20)16-12-13(24)10-11-18(16)25-22(23)30/h2-12,27H,1H3,(H,25,30)/t23-/m1/s1. The van der Waals surface area contributed by atoms with E-state index in [0.29, 0.717) is 17.4 Å². The van der Waals surface area contributed by atoms with Gasteiger partial charge in [-0.3, -0.25) is 4.79 Å². The molecule has 152 valence electrons. The molecule has 7 nitrogen and oxygen atoms in total. The van der Waals surface area contributed by atoms with Gasteiger partial charge >= 0.3 is 0 Å². The quantitative estimate of drug-likeness (QED) is 0.449. The highest BCUT2D eigenvalue weighted by molar-refractivity contribution is 9.10. The SMILES string of the molecule is COc1ccccc1-c1nc2n(n1)[C@@]1(Nc3ccccc3-2)C(=O)Nc2ccc(Br)cc21. The van der Waals surface area contributed by atoms with Crippen LogP contribution in [-0.4, -0.2) is 27.8 Å². The minimum atomic E-state index is -1.25. The van der Waals surface area contributed by atoms with E-state index in [-0.39, 0.29) is 5.91 Å². The number of hydrogen-bond acceptors (Lipinski definition) is 5. The first-order chi connectivity index (χ1) is 15.1. The second-order valence-corrected chi connectivity index (χ2v) is 8.31. The fourth-order valence-electron chi connectivity index (χ4n) is 4.29. The predicted molar refractivity (Wildman–Crippen MR) is 121 cm³/mol. The van der Waals surface area contributed by atoms with E-state index >= 15 is 0 Å². The smallest absolute Gasteiger partial charge is 0.278 e. The van der Waals surface area contributed by atoms with Crippen LogP contribution in [0.2, 0.25) is 0 Å². The van der Waals surface area contributed by atoms with Gasteiger partial charge in [-0.1, -0.05) is 40.2 Å². The summed E-state index contributed by atoms with van der Waals surface area (Å²) in [6.45, 7) is 0. The topological polar surface area (TPSA) is 81.1 Å². The first-order valence-electron chi connectivity index (χ1n) is 9.72. The van der Waals surface area contributed by atoms with Crippen molar-refractivity contribution in [3.8, 4) is 28.5 Å². The number of methoxy groups -OCH3 is 1. The molecule has 31 heavy (non-hydrogen) atoms. The zero-order valence-electron chi connectivity index (χ0n) is 16.4. The Hall–Kier alpha value is -3.65. The van der Waals surface area contributed by atoms with Gasteiger partial charge in [-0.2, -0.15) is 0 Å². The summed E-state index contributed by atoms with van der Waals surface area (Å²) in [5, 5.41) is 11.3. The monoisotopic (exact) mass is 473 g/mol. The number of benzene rings is 3. The van der Waals surface area contributed by atoms with Gasteiger partial charge < -0.3 is 15.4 Å². The molecule has 1 spiro atoms. The van der Waals surface area contributed by atoms with Crippen molar-refractivity contribution in [2.75, 3.05) is 17.7 Å². The molecule has 1 aromatic heterocycles. The van der Waals surface area contributed by atoms with Crippen molar-refractivity contribution in [3.63, 3.8) is 0 Å². The van der Waals surface area contributed by atoms with Crippen LogP contribution in [0, 0.1) is 0 Å². The average molecular weight is 474 g/mol. The number of rotatable bonds is 2. The van der Waals surface area contributed by atoms with Gasteiger partial charge in [0.1, 0.15) is 5.75 Å². The maximum Gasteiger partial charge on any atom is 0.278 e. The fraction of sp³-hybridized carbons (Fsp3) is 0.0870. The Morgan fingerprint density at radius 1 is 1.00 bits per heavy atom. The van der Waals surface area contributed by atoms with Crippen molar-refractivity contribution >= 4 is 33.2 Å². The number of anilines is 2.